The van der Waals surface area contributed by atoms with Crippen LogP contribution in [0.2, 0.25) is 0 Å². The summed E-state index contributed by atoms with van der Waals surface area (Å²) in [6.45, 7) is 5.05. The van der Waals surface area contributed by atoms with E-state index in [0.717, 1.165) is 25.9 Å². The van der Waals surface area contributed by atoms with Gasteiger partial charge in [-0.05, 0) is 25.7 Å². The fourth-order valence-electron chi connectivity index (χ4n) is 1.66. The summed E-state index contributed by atoms with van der Waals surface area (Å²) in [6.07, 6.45) is 1.07. The molecule has 0 aromatic heterocycles. The molecule has 0 aliphatic carbocycles. The molecule has 1 amide bonds. The van der Waals surface area contributed by atoms with Crippen molar-refractivity contribution in [2.45, 2.75) is 19.8 Å². The van der Waals surface area contributed by atoms with E-state index in [1.54, 1.807) is 0 Å². The Hall–Kier alpha value is -0.810. The van der Waals surface area contributed by atoms with Crippen molar-refractivity contribution < 1.29 is 14.7 Å². The second-order valence-electron chi connectivity index (χ2n) is 3.48. The number of carbonyl (C=O) groups is 1. The van der Waals surface area contributed by atoms with Crippen molar-refractivity contribution in [2.75, 3.05) is 26.2 Å². The molecule has 1 heterocycles. The lowest BCUT2D eigenvalue weighted by Gasteiger charge is -2.30. The maximum Gasteiger partial charge on any atom is 0.404 e. The maximum atomic E-state index is 10.3. The molecule has 1 fully saturated rings. The average Bonchev–Trinajstić information content (AvgIpc) is 2.17. The summed E-state index contributed by atoms with van der Waals surface area (Å²) in [4.78, 5) is 15.6. The molecule has 5 heteroatoms. The molecule has 1 aliphatic heterocycles. The molecule has 0 aromatic rings. The Bertz CT molecular complexity index is 179. The molecular formula is C9H18N2O3. The van der Waals surface area contributed by atoms with Gasteiger partial charge in [0.25, 0.3) is 0 Å². The zero-order valence-electron chi connectivity index (χ0n) is 8.53. The highest BCUT2D eigenvalue weighted by molar-refractivity contribution is 5.64. The maximum absolute atomic E-state index is 10.3. The molecule has 5 nitrogen and oxygen atoms in total. The fraction of sp³-hybridized carbons (Fsp3) is 0.889. The number of nitrogens with one attached hydrogen (secondary N) is 1. The molecule has 1 saturated heterocycles. The van der Waals surface area contributed by atoms with E-state index < -0.39 is 6.09 Å². The number of nitrogens with zero attached hydrogens (tertiary/aromatic N) is 1. The molecular weight excluding hydrogens is 184 g/mol. The monoisotopic (exact) mass is 202 g/mol. The van der Waals surface area contributed by atoms with Crippen LogP contribution < -0.4 is 5.32 Å². The summed E-state index contributed by atoms with van der Waals surface area (Å²) in [5.41, 5.74) is 0. The summed E-state index contributed by atoms with van der Waals surface area (Å²) in [6, 6.07) is 0. The molecule has 2 N–H and O–H groups in total. The summed E-state index contributed by atoms with van der Waals surface area (Å²) in [5, 5.41) is 12.8. The highest BCUT2D eigenvalue weighted by Crippen LogP contribution is 2.16. The van der Waals surface area contributed by atoms with Crippen LogP contribution in [0.25, 0.3) is 0 Å². The Morgan fingerprint density at radius 3 is 2.71 bits per heavy atom. The van der Waals surface area contributed by atoms with Crippen molar-refractivity contribution in [3.05, 3.63) is 0 Å². The Balaban J connectivity index is 2.12. The first kappa shape index (κ1) is 11.3. The number of hydroxylamine groups is 2. The number of hydrogen-bond donors (Lipinski definition) is 2. The largest absolute Gasteiger partial charge is 0.465 e. The van der Waals surface area contributed by atoms with E-state index in [-0.39, 0.29) is 0 Å². The lowest BCUT2D eigenvalue weighted by Crippen LogP contribution is -2.38. The van der Waals surface area contributed by atoms with Crippen LogP contribution in [0.3, 0.4) is 0 Å². The standard InChI is InChI=1S/C9H18N2O3/c1-2-14-11-5-3-8(4-6-11)7-10-9(12)13/h8,10H,2-7H2,1H3,(H,12,13). The SMILES string of the molecule is CCON1CCC(CNC(=O)O)CC1. The predicted octanol–water partition coefficient (Wildman–Crippen LogP) is 0.917. The van der Waals surface area contributed by atoms with Gasteiger partial charge in [-0.2, -0.15) is 5.06 Å². The van der Waals surface area contributed by atoms with Gasteiger partial charge >= 0.3 is 6.09 Å². The number of carboxylic acid groups (broad SMARTS) is 1. The van der Waals surface area contributed by atoms with Crippen molar-refractivity contribution in [3.63, 3.8) is 0 Å². The summed E-state index contributed by atoms with van der Waals surface area (Å²) in [5.74, 6) is 0.461. The molecule has 1 aliphatic rings. The molecule has 0 radical (unpaired) electrons. The molecule has 82 valence electrons. The zero-order valence-corrected chi connectivity index (χ0v) is 8.53. The third kappa shape index (κ3) is 3.93. The number of rotatable bonds is 4. The van der Waals surface area contributed by atoms with E-state index in [1.165, 1.54) is 0 Å². The van der Waals surface area contributed by atoms with Gasteiger partial charge in [-0.15, -0.1) is 0 Å². The third-order valence-corrected chi connectivity index (χ3v) is 2.43. The normalized spacial score (nSPS) is 19.5. The van der Waals surface area contributed by atoms with Gasteiger partial charge < -0.3 is 10.4 Å². The van der Waals surface area contributed by atoms with Crippen LogP contribution in [0.4, 0.5) is 4.79 Å². The molecule has 1 rings (SSSR count). The quantitative estimate of drug-likeness (QED) is 0.711. The number of amides is 1. The molecule has 0 unspecified atom stereocenters. The van der Waals surface area contributed by atoms with Gasteiger partial charge in [0.1, 0.15) is 0 Å². The van der Waals surface area contributed by atoms with Crippen molar-refractivity contribution in [3.8, 4) is 0 Å². The van der Waals surface area contributed by atoms with Crippen LogP contribution in [0.5, 0.6) is 0 Å². The first-order valence-corrected chi connectivity index (χ1v) is 5.07. The summed E-state index contributed by atoms with van der Waals surface area (Å²) in [7, 11) is 0. The van der Waals surface area contributed by atoms with Crippen molar-refractivity contribution in [2.24, 2.45) is 5.92 Å². The Kier molecular flexibility index (Phi) is 4.69. The van der Waals surface area contributed by atoms with Gasteiger partial charge in [0.05, 0.1) is 6.61 Å². The van der Waals surface area contributed by atoms with E-state index in [1.807, 2.05) is 12.0 Å². The second-order valence-corrected chi connectivity index (χ2v) is 3.48. The van der Waals surface area contributed by atoms with Gasteiger partial charge in [0.2, 0.25) is 0 Å². The van der Waals surface area contributed by atoms with Crippen molar-refractivity contribution in [1.29, 1.82) is 0 Å². The molecule has 0 bridgehead atoms. The number of hydrogen-bond acceptors (Lipinski definition) is 3. The zero-order chi connectivity index (χ0) is 10.4. The second kappa shape index (κ2) is 5.82. The summed E-state index contributed by atoms with van der Waals surface area (Å²) < 4.78 is 0. The van der Waals surface area contributed by atoms with Gasteiger partial charge in [0.15, 0.2) is 0 Å². The van der Waals surface area contributed by atoms with Crippen LogP contribution in [0.1, 0.15) is 19.8 Å². The van der Waals surface area contributed by atoms with Gasteiger partial charge in [-0.3, -0.25) is 4.84 Å². The minimum atomic E-state index is -0.933. The lowest BCUT2D eigenvalue weighted by atomic mass is 9.98. The molecule has 0 saturated carbocycles. The average molecular weight is 202 g/mol. The highest BCUT2D eigenvalue weighted by atomic mass is 16.7. The van der Waals surface area contributed by atoms with Crippen LogP contribution in [-0.2, 0) is 4.84 Å². The van der Waals surface area contributed by atoms with Gasteiger partial charge in [0, 0.05) is 19.6 Å². The molecule has 0 spiro atoms. The number of piperidine rings is 1. The minimum Gasteiger partial charge on any atom is -0.465 e. The predicted molar refractivity (Wildman–Crippen MR) is 52.0 cm³/mol. The van der Waals surface area contributed by atoms with Crippen LogP contribution in [-0.4, -0.2) is 42.5 Å². The Morgan fingerprint density at radius 2 is 2.21 bits per heavy atom. The van der Waals surface area contributed by atoms with E-state index in [9.17, 15) is 4.79 Å². The third-order valence-electron chi connectivity index (χ3n) is 2.43. The van der Waals surface area contributed by atoms with Crippen molar-refractivity contribution in [1.82, 2.24) is 10.4 Å². The van der Waals surface area contributed by atoms with Crippen LogP contribution in [0.15, 0.2) is 0 Å². The van der Waals surface area contributed by atoms with Crippen molar-refractivity contribution >= 4 is 6.09 Å². The Labute approximate surface area is 84.0 Å². The van der Waals surface area contributed by atoms with E-state index in [0.29, 0.717) is 19.1 Å². The first-order chi connectivity index (χ1) is 6.72. The first-order valence-electron chi connectivity index (χ1n) is 5.07. The molecule has 0 aromatic carbocycles. The van der Waals surface area contributed by atoms with Gasteiger partial charge in [-0.1, -0.05) is 0 Å². The smallest absolute Gasteiger partial charge is 0.404 e. The van der Waals surface area contributed by atoms with E-state index >= 15 is 0 Å². The van der Waals surface area contributed by atoms with Crippen LogP contribution >= 0.6 is 0 Å². The Morgan fingerprint density at radius 1 is 1.57 bits per heavy atom. The summed E-state index contributed by atoms with van der Waals surface area (Å²) >= 11 is 0. The van der Waals surface area contributed by atoms with Crippen LogP contribution in [0, 0.1) is 5.92 Å². The van der Waals surface area contributed by atoms with E-state index in [4.69, 9.17) is 9.94 Å². The topological polar surface area (TPSA) is 61.8 Å². The minimum absolute atomic E-state index is 0.461. The fourth-order valence-corrected chi connectivity index (χ4v) is 1.66. The van der Waals surface area contributed by atoms with Gasteiger partial charge in [-0.25, -0.2) is 4.79 Å². The highest BCUT2D eigenvalue weighted by Gasteiger charge is 2.19. The lowest BCUT2D eigenvalue weighted by molar-refractivity contribution is -0.169. The molecule has 14 heavy (non-hydrogen) atoms. The van der Waals surface area contributed by atoms with E-state index in [2.05, 4.69) is 5.32 Å². The molecule has 0 atom stereocenters.